The highest BCUT2D eigenvalue weighted by Crippen LogP contribution is 2.27. The number of rotatable bonds is 3. The van der Waals surface area contributed by atoms with Crippen molar-refractivity contribution in [2.24, 2.45) is 11.8 Å². The number of hydrogen-bond donors (Lipinski definition) is 0. The Kier molecular flexibility index (Phi) is 3.54. The standard InChI is InChI=1S/C12H12ClNO3S/c1-6-7(2)12(17)14(11(6)16)5-8(15)9-3-4-10(13)18-9/h3-4,6-7H,5H2,1-2H3. The summed E-state index contributed by atoms with van der Waals surface area (Å²) in [6.45, 7) is 3.22. The second kappa shape index (κ2) is 4.82. The first-order valence-corrected chi connectivity index (χ1v) is 6.75. The first-order chi connectivity index (χ1) is 8.41. The summed E-state index contributed by atoms with van der Waals surface area (Å²) < 4.78 is 0.513. The molecule has 0 aliphatic carbocycles. The van der Waals surface area contributed by atoms with Gasteiger partial charge in [0.2, 0.25) is 11.8 Å². The fraction of sp³-hybridized carbons (Fsp3) is 0.417. The first-order valence-electron chi connectivity index (χ1n) is 5.55. The first kappa shape index (κ1) is 13.2. The fourth-order valence-corrected chi connectivity index (χ4v) is 2.84. The monoisotopic (exact) mass is 285 g/mol. The highest BCUT2D eigenvalue weighted by atomic mass is 35.5. The molecule has 2 atom stereocenters. The molecular weight excluding hydrogens is 274 g/mol. The Balaban J connectivity index is 2.13. The summed E-state index contributed by atoms with van der Waals surface area (Å²) in [7, 11) is 0. The lowest BCUT2D eigenvalue weighted by molar-refractivity contribution is -0.139. The Morgan fingerprint density at radius 1 is 1.28 bits per heavy atom. The number of Topliss-reactive ketones (excluding diaryl/α,β-unsaturated/α-hetero) is 1. The van der Waals surface area contributed by atoms with Crippen LogP contribution in [0.5, 0.6) is 0 Å². The van der Waals surface area contributed by atoms with Crippen LogP contribution < -0.4 is 0 Å². The van der Waals surface area contributed by atoms with E-state index in [1.54, 1.807) is 26.0 Å². The highest BCUT2D eigenvalue weighted by Gasteiger charge is 2.42. The van der Waals surface area contributed by atoms with E-state index in [1.165, 1.54) is 0 Å². The Bertz CT molecular complexity index is 505. The molecule has 6 heteroatoms. The summed E-state index contributed by atoms with van der Waals surface area (Å²) >= 11 is 6.89. The molecule has 0 saturated carbocycles. The van der Waals surface area contributed by atoms with E-state index in [0.29, 0.717) is 9.21 Å². The molecule has 96 valence electrons. The smallest absolute Gasteiger partial charge is 0.233 e. The normalized spacial score (nSPS) is 23.8. The summed E-state index contributed by atoms with van der Waals surface area (Å²) in [5.74, 6) is -1.50. The molecule has 2 unspecified atom stereocenters. The van der Waals surface area contributed by atoms with Crippen LogP contribution in [0.1, 0.15) is 23.5 Å². The minimum absolute atomic E-state index is 0.191. The Labute approximate surface area is 114 Å². The molecule has 0 spiro atoms. The van der Waals surface area contributed by atoms with Gasteiger partial charge in [-0.1, -0.05) is 25.4 Å². The van der Waals surface area contributed by atoms with Crippen LogP contribution in [0.25, 0.3) is 0 Å². The second-order valence-electron chi connectivity index (χ2n) is 4.37. The largest absolute Gasteiger partial charge is 0.291 e. The molecule has 2 amide bonds. The number of carbonyl (C=O) groups is 3. The third-order valence-electron chi connectivity index (χ3n) is 3.21. The van der Waals surface area contributed by atoms with Gasteiger partial charge in [0.05, 0.1) is 15.8 Å². The molecule has 1 saturated heterocycles. The molecule has 18 heavy (non-hydrogen) atoms. The van der Waals surface area contributed by atoms with E-state index in [0.717, 1.165) is 16.2 Å². The van der Waals surface area contributed by atoms with Gasteiger partial charge in [-0.25, -0.2) is 0 Å². The molecule has 1 fully saturated rings. The molecule has 1 aliphatic rings. The lowest BCUT2D eigenvalue weighted by atomic mass is 10.00. The molecule has 0 N–H and O–H groups in total. The zero-order chi connectivity index (χ0) is 13.4. The summed E-state index contributed by atoms with van der Waals surface area (Å²) in [5.41, 5.74) is 0. The van der Waals surface area contributed by atoms with E-state index in [1.807, 2.05) is 0 Å². The Morgan fingerprint density at radius 2 is 1.83 bits per heavy atom. The van der Waals surface area contributed by atoms with Crippen LogP contribution >= 0.6 is 22.9 Å². The number of ketones is 1. The van der Waals surface area contributed by atoms with Crippen LogP contribution in [-0.2, 0) is 9.59 Å². The van der Waals surface area contributed by atoms with Gasteiger partial charge >= 0.3 is 0 Å². The number of amides is 2. The van der Waals surface area contributed by atoms with Crippen LogP contribution in [0.4, 0.5) is 0 Å². The average molecular weight is 286 g/mol. The van der Waals surface area contributed by atoms with Crippen molar-refractivity contribution in [2.45, 2.75) is 13.8 Å². The third-order valence-corrected chi connectivity index (χ3v) is 4.48. The maximum absolute atomic E-state index is 11.9. The topological polar surface area (TPSA) is 54.5 Å². The van der Waals surface area contributed by atoms with Crippen molar-refractivity contribution < 1.29 is 14.4 Å². The van der Waals surface area contributed by atoms with Gasteiger partial charge in [-0.2, -0.15) is 0 Å². The number of halogens is 1. The minimum atomic E-state index is -0.350. The Morgan fingerprint density at radius 3 is 2.28 bits per heavy atom. The van der Waals surface area contributed by atoms with Crippen molar-refractivity contribution in [3.05, 3.63) is 21.3 Å². The molecule has 1 aliphatic heterocycles. The zero-order valence-corrected chi connectivity index (χ0v) is 11.5. The van der Waals surface area contributed by atoms with Gasteiger partial charge in [0, 0.05) is 11.8 Å². The van der Waals surface area contributed by atoms with E-state index in [-0.39, 0.29) is 36.0 Å². The van der Waals surface area contributed by atoms with Crippen molar-refractivity contribution in [3.8, 4) is 0 Å². The molecule has 2 rings (SSSR count). The van der Waals surface area contributed by atoms with Gasteiger partial charge in [0.25, 0.3) is 0 Å². The van der Waals surface area contributed by atoms with Crippen molar-refractivity contribution in [1.82, 2.24) is 4.90 Å². The van der Waals surface area contributed by atoms with Gasteiger partial charge in [-0.15, -0.1) is 11.3 Å². The number of hydrogen-bond acceptors (Lipinski definition) is 4. The van der Waals surface area contributed by atoms with Crippen molar-refractivity contribution in [3.63, 3.8) is 0 Å². The molecule has 0 aromatic carbocycles. The summed E-state index contributed by atoms with van der Waals surface area (Å²) in [5, 5.41) is 0. The van der Waals surface area contributed by atoms with Crippen LogP contribution in [0.3, 0.4) is 0 Å². The van der Waals surface area contributed by atoms with E-state index in [2.05, 4.69) is 0 Å². The second-order valence-corrected chi connectivity index (χ2v) is 6.08. The van der Waals surface area contributed by atoms with E-state index in [9.17, 15) is 14.4 Å². The summed E-state index contributed by atoms with van der Waals surface area (Å²) in [6, 6.07) is 3.23. The minimum Gasteiger partial charge on any atom is -0.291 e. The maximum Gasteiger partial charge on any atom is 0.233 e. The lowest BCUT2D eigenvalue weighted by Crippen LogP contribution is -2.35. The predicted octanol–water partition coefficient (Wildman–Crippen LogP) is 2.23. The van der Waals surface area contributed by atoms with Gasteiger partial charge in [0.1, 0.15) is 0 Å². The summed E-state index contributed by atoms with van der Waals surface area (Å²) in [6.07, 6.45) is 0. The molecular formula is C12H12ClNO3S. The molecule has 1 aromatic rings. The van der Waals surface area contributed by atoms with Crippen molar-refractivity contribution in [2.75, 3.05) is 6.54 Å². The van der Waals surface area contributed by atoms with E-state index in [4.69, 9.17) is 11.6 Å². The van der Waals surface area contributed by atoms with Crippen LogP contribution in [0.15, 0.2) is 12.1 Å². The maximum atomic E-state index is 11.9. The molecule has 2 heterocycles. The molecule has 4 nitrogen and oxygen atoms in total. The number of thiophene rings is 1. The number of likely N-dealkylation sites (tertiary alicyclic amines) is 1. The lowest BCUT2D eigenvalue weighted by Gasteiger charge is -2.12. The number of nitrogens with zero attached hydrogens (tertiary/aromatic N) is 1. The Hall–Kier alpha value is -1.20. The fourth-order valence-electron chi connectivity index (χ4n) is 1.87. The van der Waals surface area contributed by atoms with Crippen LogP contribution in [-0.4, -0.2) is 29.0 Å². The zero-order valence-electron chi connectivity index (χ0n) is 9.97. The highest BCUT2D eigenvalue weighted by molar-refractivity contribution is 7.18. The van der Waals surface area contributed by atoms with Crippen LogP contribution in [0.2, 0.25) is 4.34 Å². The number of carbonyl (C=O) groups excluding carboxylic acids is 3. The van der Waals surface area contributed by atoms with Crippen molar-refractivity contribution >= 4 is 40.5 Å². The van der Waals surface area contributed by atoms with E-state index < -0.39 is 0 Å². The predicted molar refractivity (Wildman–Crippen MR) is 68.7 cm³/mol. The average Bonchev–Trinajstić information content (AvgIpc) is 2.84. The van der Waals surface area contributed by atoms with Crippen molar-refractivity contribution in [1.29, 1.82) is 0 Å². The quantitative estimate of drug-likeness (QED) is 0.632. The van der Waals surface area contributed by atoms with Gasteiger partial charge in [-0.3, -0.25) is 19.3 Å². The molecule has 1 aromatic heterocycles. The molecule has 0 radical (unpaired) electrons. The third kappa shape index (κ3) is 2.20. The van der Waals surface area contributed by atoms with Gasteiger partial charge < -0.3 is 0 Å². The van der Waals surface area contributed by atoms with Gasteiger partial charge in [0.15, 0.2) is 5.78 Å². The van der Waals surface area contributed by atoms with Crippen LogP contribution in [0, 0.1) is 11.8 Å². The SMILES string of the molecule is CC1C(=O)N(CC(=O)c2ccc(Cl)s2)C(=O)C1C. The molecule has 0 bridgehead atoms. The summed E-state index contributed by atoms with van der Waals surface area (Å²) in [4.78, 5) is 37.1. The van der Waals surface area contributed by atoms with E-state index >= 15 is 0 Å². The number of imide groups is 1. The van der Waals surface area contributed by atoms with Gasteiger partial charge in [-0.05, 0) is 12.1 Å².